The maximum absolute atomic E-state index is 12.5. The number of benzene rings is 1. The Kier molecular flexibility index (Phi) is 8.05. The molecule has 0 unspecified atom stereocenters. The Morgan fingerprint density at radius 3 is 2.61 bits per heavy atom. The van der Waals surface area contributed by atoms with Crippen LogP contribution >= 0.6 is 11.3 Å². The molecule has 0 atom stereocenters. The van der Waals surface area contributed by atoms with Crippen LogP contribution in [-0.4, -0.2) is 45.6 Å². The fraction of sp³-hybridized carbons (Fsp3) is 0.407. The molecule has 0 spiro atoms. The van der Waals surface area contributed by atoms with Crippen LogP contribution in [0.25, 0.3) is 21.3 Å². The molecular weight excluding hydrogens is 502 g/mol. The van der Waals surface area contributed by atoms with Crippen molar-refractivity contribution in [1.82, 2.24) is 25.4 Å². The molecule has 0 aliphatic rings. The number of anilines is 2. The van der Waals surface area contributed by atoms with E-state index in [0.29, 0.717) is 36.2 Å². The summed E-state index contributed by atoms with van der Waals surface area (Å²) in [6.45, 7) is 10.4. The number of thiazole rings is 1. The van der Waals surface area contributed by atoms with Gasteiger partial charge in [0.05, 0.1) is 22.1 Å². The van der Waals surface area contributed by atoms with E-state index in [1.807, 2.05) is 58.9 Å². The Hall–Kier alpha value is -3.86. The first-order chi connectivity index (χ1) is 18.0. The number of rotatable bonds is 8. The molecule has 0 aliphatic heterocycles. The third-order valence-electron chi connectivity index (χ3n) is 5.75. The molecule has 4 rings (SSSR count). The molecular formula is C27H33N7O3S. The summed E-state index contributed by atoms with van der Waals surface area (Å²) in [5, 5.41) is 10.1. The van der Waals surface area contributed by atoms with E-state index >= 15 is 0 Å². The minimum atomic E-state index is -0.352. The number of fused-ring (bicyclic) bond motifs is 1. The van der Waals surface area contributed by atoms with Crippen LogP contribution in [0.4, 0.5) is 15.6 Å². The van der Waals surface area contributed by atoms with Crippen LogP contribution < -0.4 is 15.5 Å². The molecule has 0 fully saturated rings. The van der Waals surface area contributed by atoms with Crippen LogP contribution in [0, 0.1) is 5.92 Å². The molecule has 0 saturated heterocycles. The van der Waals surface area contributed by atoms with E-state index < -0.39 is 0 Å². The van der Waals surface area contributed by atoms with Crippen molar-refractivity contribution in [3.05, 3.63) is 48.4 Å². The fourth-order valence-electron chi connectivity index (χ4n) is 3.65. The minimum Gasteiger partial charge on any atom is -0.339 e. The third-order valence-corrected chi connectivity index (χ3v) is 6.69. The summed E-state index contributed by atoms with van der Waals surface area (Å²) in [6, 6.07) is 7.48. The molecule has 10 nitrogen and oxygen atoms in total. The topological polar surface area (TPSA) is 126 Å². The van der Waals surface area contributed by atoms with E-state index in [2.05, 4.69) is 30.7 Å². The van der Waals surface area contributed by atoms with Crippen molar-refractivity contribution < 1.29 is 14.1 Å². The highest BCUT2D eigenvalue weighted by atomic mass is 32.1. The summed E-state index contributed by atoms with van der Waals surface area (Å²) >= 11 is 1.38. The van der Waals surface area contributed by atoms with E-state index in [1.165, 1.54) is 11.3 Å². The summed E-state index contributed by atoms with van der Waals surface area (Å²) in [4.78, 5) is 39.8. The second-order valence-electron chi connectivity index (χ2n) is 10.6. The van der Waals surface area contributed by atoms with Gasteiger partial charge in [-0.1, -0.05) is 57.2 Å². The maximum Gasteiger partial charge on any atom is 0.321 e. The van der Waals surface area contributed by atoms with E-state index in [0.717, 1.165) is 27.0 Å². The van der Waals surface area contributed by atoms with Crippen molar-refractivity contribution in [2.24, 2.45) is 5.92 Å². The van der Waals surface area contributed by atoms with Gasteiger partial charge in [-0.3, -0.25) is 15.1 Å². The van der Waals surface area contributed by atoms with Gasteiger partial charge < -0.3 is 14.7 Å². The van der Waals surface area contributed by atoms with Gasteiger partial charge in [-0.25, -0.2) is 9.78 Å². The van der Waals surface area contributed by atoms with Gasteiger partial charge in [-0.2, -0.15) is 4.98 Å². The van der Waals surface area contributed by atoms with Crippen molar-refractivity contribution in [1.29, 1.82) is 0 Å². The van der Waals surface area contributed by atoms with Crippen molar-refractivity contribution in [2.75, 3.05) is 23.8 Å². The second kappa shape index (κ2) is 11.3. The first kappa shape index (κ1) is 27.2. The van der Waals surface area contributed by atoms with Crippen LogP contribution in [0.1, 0.15) is 52.8 Å². The molecule has 2 N–H and O–H groups in total. The van der Waals surface area contributed by atoms with Crippen LogP contribution in [0.5, 0.6) is 0 Å². The third kappa shape index (κ3) is 6.71. The van der Waals surface area contributed by atoms with Crippen LogP contribution in [0.2, 0.25) is 0 Å². The number of amides is 3. The molecule has 11 heteroatoms. The molecule has 4 aromatic rings. The van der Waals surface area contributed by atoms with Gasteiger partial charge in [0.15, 0.2) is 11.0 Å². The SMILES string of the molecule is CC(C)CC(=O)N(C)c1cncc(-c2ccc3nc(NC(=O)NCCc4noc(C(C)(C)C)n4)sc3c2)c1. The highest BCUT2D eigenvalue weighted by molar-refractivity contribution is 7.22. The fourth-order valence-corrected chi connectivity index (χ4v) is 4.55. The maximum atomic E-state index is 12.5. The quantitative estimate of drug-likeness (QED) is 0.309. The molecule has 0 radical (unpaired) electrons. The van der Waals surface area contributed by atoms with Gasteiger partial charge in [0, 0.05) is 43.6 Å². The van der Waals surface area contributed by atoms with E-state index in [-0.39, 0.29) is 23.3 Å². The Labute approximate surface area is 225 Å². The average molecular weight is 536 g/mol. The molecule has 0 saturated carbocycles. The zero-order chi connectivity index (χ0) is 27.4. The summed E-state index contributed by atoms with van der Waals surface area (Å²) in [5.74, 6) is 1.46. The number of urea groups is 1. The summed E-state index contributed by atoms with van der Waals surface area (Å²) in [7, 11) is 1.77. The molecule has 3 heterocycles. The Morgan fingerprint density at radius 1 is 1.11 bits per heavy atom. The molecule has 3 amide bonds. The number of nitrogens with zero attached hydrogens (tertiary/aromatic N) is 5. The van der Waals surface area contributed by atoms with Gasteiger partial charge >= 0.3 is 6.03 Å². The summed E-state index contributed by atoms with van der Waals surface area (Å²) in [5.41, 5.74) is 3.15. The largest absolute Gasteiger partial charge is 0.339 e. The number of nitrogens with one attached hydrogen (secondary N) is 2. The lowest BCUT2D eigenvalue weighted by atomic mass is 9.97. The van der Waals surface area contributed by atoms with E-state index in [1.54, 1.807) is 24.3 Å². The molecule has 0 bridgehead atoms. The Bertz CT molecular complexity index is 1440. The first-order valence-corrected chi connectivity index (χ1v) is 13.3. The molecule has 1 aromatic carbocycles. The smallest absolute Gasteiger partial charge is 0.321 e. The van der Waals surface area contributed by atoms with Gasteiger partial charge in [-0.05, 0) is 29.7 Å². The molecule has 38 heavy (non-hydrogen) atoms. The number of aromatic nitrogens is 4. The predicted octanol–water partition coefficient (Wildman–Crippen LogP) is 5.41. The van der Waals surface area contributed by atoms with Gasteiger partial charge in [-0.15, -0.1) is 0 Å². The van der Waals surface area contributed by atoms with Crippen molar-refractivity contribution in [2.45, 2.75) is 52.9 Å². The molecule has 0 aliphatic carbocycles. The van der Waals surface area contributed by atoms with Crippen LogP contribution in [-0.2, 0) is 16.6 Å². The van der Waals surface area contributed by atoms with E-state index in [4.69, 9.17) is 4.52 Å². The second-order valence-corrected chi connectivity index (χ2v) is 11.6. The number of hydrogen-bond acceptors (Lipinski definition) is 8. The number of carbonyl (C=O) groups excluding carboxylic acids is 2. The lowest BCUT2D eigenvalue weighted by molar-refractivity contribution is -0.119. The van der Waals surface area contributed by atoms with Gasteiger partial charge in [0.1, 0.15) is 0 Å². The van der Waals surface area contributed by atoms with Crippen LogP contribution in [0.15, 0.2) is 41.2 Å². The van der Waals surface area contributed by atoms with Crippen molar-refractivity contribution in [3.63, 3.8) is 0 Å². The predicted molar refractivity (Wildman–Crippen MR) is 149 cm³/mol. The minimum absolute atomic E-state index is 0.0535. The average Bonchev–Trinajstić information content (AvgIpc) is 3.49. The Balaban J connectivity index is 1.38. The number of pyridine rings is 1. The van der Waals surface area contributed by atoms with Crippen molar-refractivity contribution >= 4 is 44.3 Å². The number of hydrogen-bond donors (Lipinski definition) is 2. The molecule has 3 aromatic heterocycles. The van der Waals surface area contributed by atoms with Crippen LogP contribution in [0.3, 0.4) is 0 Å². The van der Waals surface area contributed by atoms with E-state index in [9.17, 15) is 9.59 Å². The lowest BCUT2D eigenvalue weighted by Gasteiger charge is -2.18. The van der Waals surface area contributed by atoms with Crippen molar-refractivity contribution in [3.8, 4) is 11.1 Å². The summed E-state index contributed by atoms with van der Waals surface area (Å²) in [6.07, 6.45) is 4.40. The highest BCUT2D eigenvalue weighted by Crippen LogP contribution is 2.31. The molecule has 200 valence electrons. The zero-order valence-electron chi connectivity index (χ0n) is 22.5. The highest BCUT2D eigenvalue weighted by Gasteiger charge is 2.21. The van der Waals surface area contributed by atoms with Gasteiger partial charge in [0.2, 0.25) is 11.8 Å². The first-order valence-electron chi connectivity index (χ1n) is 12.5. The normalized spacial score (nSPS) is 11.7. The standard InChI is InChI=1S/C27H33N7O3S/c1-16(2)11-23(35)34(6)19-12-18(14-28-15-19)17-7-8-20-21(13-17)38-26(30-20)32-25(36)29-10-9-22-31-24(37-33-22)27(3,4)5/h7-8,12-16H,9-11H2,1-6H3,(H2,29,30,32,36). The Morgan fingerprint density at radius 2 is 1.89 bits per heavy atom. The lowest BCUT2D eigenvalue weighted by Crippen LogP contribution is -2.30. The number of carbonyl (C=O) groups is 2. The monoisotopic (exact) mass is 535 g/mol. The zero-order valence-corrected chi connectivity index (χ0v) is 23.3. The summed E-state index contributed by atoms with van der Waals surface area (Å²) < 4.78 is 6.21. The van der Waals surface area contributed by atoms with Gasteiger partial charge in [0.25, 0.3) is 0 Å².